The Hall–Kier alpha value is -1.63. The molecule has 1 fully saturated rings. The van der Waals surface area contributed by atoms with Crippen molar-refractivity contribution in [3.63, 3.8) is 0 Å². The van der Waals surface area contributed by atoms with Crippen LogP contribution >= 0.6 is 35.6 Å². The number of thiocarbonyl (C=S) groups is 1. The van der Waals surface area contributed by atoms with Gasteiger partial charge in [0.05, 0.1) is 17.1 Å². The molecule has 0 aliphatic carbocycles. The average Bonchev–Trinajstić information content (AvgIpc) is 3.00. The quantitative estimate of drug-likeness (QED) is 0.571. The average molecular weight is 392 g/mol. The van der Waals surface area contributed by atoms with E-state index in [1.54, 1.807) is 15.7 Å². The first-order valence-electron chi connectivity index (χ1n) is 7.94. The molecule has 0 bridgehead atoms. The summed E-state index contributed by atoms with van der Waals surface area (Å²) in [5.41, 5.74) is 3.90. The van der Waals surface area contributed by atoms with Crippen molar-refractivity contribution in [2.24, 2.45) is 0 Å². The number of carbonyl (C=O) groups is 1. The van der Waals surface area contributed by atoms with Crippen molar-refractivity contribution in [2.45, 2.75) is 27.3 Å². The molecule has 0 saturated carbocycles. The Morgan fingerprint density at radius 3 is 2.56 bits per heavy atom. The van der Waals surface area contributed by atoms with Crippen molar-refractivity contribution in [3.8, 4) is 0 Å². The van der Waals surface area contributed by atoms with Crippen LogP contribution in [-0.2, 0) is 11.3 Å². The van der Waals surface area contributed by atoms with Crippen molar-refractivity contribution >= 4 is 51.9 Å². The number of carbonyl (C=O) groups excluding carboxylic acids is 1. The van der Waals surface area contributed by atoms with Crippen LogP contribution in [0.4, 0.5) is 0 Å². The fourth-order valence-corrected chi connectivity index (χ4v) is 4.26. The molecule has 3 rings (SSSR count). The van der Waals surface area contributed by atoms with Gasteiger partial charge in [0.15, 0.2) is 0 Å². The molecule has 0 N–H and O–H groups in total. The van der Waals surface area contributed by atoms with E-state index < -0.39 is 0 Å². The molecule has 130 valence electrons. The highest BCUT2D eigenvalue weighted by Gasteiger charge is 2.31. The minimum Gasteiger partial charge on any atom is -0.293 e. The Kier molecular flexibility index (Phi) is 5.32. The van der Waals surface area contributed by atoms with Gasteiger partial charge in [0.1, 0.15) is 9.47 Å². The predicted molar refractivity (Wildman–Crippen MR) is 108 cm³/mol. The molecular weight excluding hydrogens is 374 g/mol. The highest BCUT2D eigenvalue weighted by Crippen LogP contribution is 2.34. The molecule has 0 spiro atoms. The molecule has 1 aliphatic rings. The van der Waals surface area contributed by atoms with Crippen LogP contribution in [0.1, 0.15) is 29.3 Å². The van der Waals surface area contributed by atoms with Gasteiger partial charge in [0.25, 0.3) is 5.91 Å². The van der Waals surface area contributed by atoms with E-state index in [1.165, 1.54) is 17.3 Å². The minimum atomic E-state index is -0.0701. The van der Waals surface area contributed by atoms with Crippen LogP contribution in [-0.4, -0.2) is 31.5 Å². The molecule has 1 saturated heterocycles. The lowest BCUT2D eigenvalue weighted by molar-refractivity contribution is -0.121. The van der Waals surface area contributed by atoms with Gasteiger partial charge in [-0.2, -0.15) is 5.10 Å². The normalized spacial score (nSPS) is 16.3. The number of hydrogen-bond acceptors (Lipinski definition) is 4. The number of hydrogen-bond donors (Lipinski definition) is 0. The van der Waals surface area contributed by atoms with Gasteiger partial charge in [0.2, 0.25) is 0 Å². The number of aromatic nitrogens is 2. The summed E-state index contributed by atoms with van der Waals surface area (Å²) in [5, 5.41) is 5.05. The van der Waals surface area contributed by atoms with E-state index in [0.717, 1.165) is 16.8 Å². The zero-order valence-electron chi connectivity index (χ0n) is 14.2. The van der Waals surface area contributed by atoms with Gasteiger partial charge in [-0.25, -0.2) is 4.68 Å². The highest BCUT2D eigenvalue weighted by molar-refractivity contribution is 8.26. The first-order valence-corrected chi connectivity index (χ1v) is 9.54. The Labute approximate surface area is 161 Å². The number of aryl methyl sites for hydroxylation is 2. The Morgan fingerprint density at radius 1 is 1.28 bits per heavy atom. The smallest absolute Gasteiger partial charge is 0.266 e. The van der Waals surface area contributed by atoms with E-state index in [0.29, 0.717) is 27.5 Å². The molecule has 7 heteroatoms. The summed E-state index contributed by atoms with van der Waals surface area (Å²) in [4.78, 5) is 14.6. The Balaban J connectivity index is 1.90. The van der Waals surface area contributed by atoms with Gasteiger partial charge in [0, 0.05) is 12.1 Å². The lowest BCUT2D eigenvalue weighted by atomic mass is 10.1. The molecule has 0 radical (unpaired) electrons. The SMILES string of the molecule is CCN1C(=O)/C(=C\c2c(C)nn(Cc3ccc(C)cc3)c2Cl)SC1=S. The fraction of sp³-hybridized carbons (Fsp3) is 0.278. The van der Waals surface area contributed by atoms with E-state index in [9.17, 15) is 4.79 Å². The largest absolute Gasteiger partial charge is 0.293 e. The molecule has 1 aromatic carbocycles. The summed E-state index contributed by atoms with van der Waals surface area (Å²) in [6, 6.07) is 8.26. The van der Waals surface area contributed by atoms with Crippen LogP contribution in [0.3, 0.4) is 0 Å². The van der Waals surface area contributed by atoms with Crippen LogP contribution in [0.5, 0.6) is 0 Å². The van der Waals surface area contributed by atoms with Crippen LogP contribution in [0, 0.1) is 13.8 Å². The topological polar surface area (TPSA) is 38.1 Å². The van der Waals surface area contributed by atoms with Gasteiger partial charge in [-0.05, 0) is 32.4 Å². The van der Waals surface area contributed by atoms with Crippen LogP contribution in [0.25, 0.3) is 6.08 Å². The van der Waals surface area contributed by atoms with Gasteiger partial charge in [-0.15, -0.1) is 0 Å². The highest BCUT2D eigenvalue weighted by atomic mass is 35.5. The molecule has 0 unspecified atom stereocenters. The van der Waals surface area contributed by atoms with E-state index in [2.05, 4.69) is 36.3 Å². The minimum absolute atomic E-state index is 0.0701. The molecule has 4 nitrogen and oxygen atoms in total. The third-order valence-electron chi connectivity index (χ3n) is 4.03. The molecule has 1 aliphatic heterocycles. The number of thioether (sulfide) groups is 1. The lowest BCUT2D eigenvalue weighted by Crippen LogP contribution is -2.27. The monoisotopic (exact) mass is 391 g/mol. The summed E-state index contributed by atoms with van der Waals surface area (Å²) < 4.78 is 2.34. The maximum atomic E-state index is 12.4. The van der Waals surface area contributed by atoms with E-state index >= 15 is 0 Å². The van der Waals surface area contributed by atoms with Crippen molar-refractivity contribution < 1.29 is 4.79 Å². The summed E-state index contributed by atoms with van der Waals surface area (Å²) in [6.07, 6.45) is 1.80. The second kappa shape index (κ2) is 7.32. The maximum Gasteiger partial charge on any atom is 0.266 e. The molecule has 25 heavy (non-hydrogen) atoms. The maximum absolute atomic E-state index is 12.4. The summed E-state index contributed by atoms with van der Waals surface area (Å²) in [7, 11) is 0. The van der Waals surface area contributed by atoms with Gasteiger partial charge in [-0.1, -0.05) is 65.4 Å². The van der Waals surface area contributed by atoms with Crippen molar-refractivity contribution in [3.05, 3.63) is 56.7 Å². The fourth-order valence-electron chi connectivity index (χ4n) is 2.61. The number of rotatable bonds is 4. The molecule has 0 atom stereocenters. The van der Waals surface area contributed by atoms with Gasteiger partial charge >= 0.3 is 0 Å². The van der Waals surface area contributed by atoms with Crippen molar-refractivity contribution in [1.82, 2.24) is 14.7 Å². The van der Waals surface area contributed by atoms with Crippen molar-refractivity contribution in [1.29, 1.82) is 0 Å². The zero-order valence-corrected chi connectivity index (χ0v) is 16.6. The first-order chi connectivity index (χ1) is 11.9. The number of benzene rings is 1. The standard InChI is InChI=1S/C18H18ClN3OS2/c1-4-21-17(23)15(25-18(21)24)9-14-12(3)20-22(16(14)19)10-13-7-5-11(2)6-8-13/h5-9H,4,10H2,1-3H3/b15-9+. The summed E-state index contributed by atoms with van der Waals surface area (Å²) >= 11 is 13.1. The third kappa shape index (κ3) is 3.66. The van der Waals surface area contributed by atoms with E-state index in [-0.39, 0.29) is 5.91 Å². The van der Waals surface area contributed by atoms with Crippen LogP contribution in [0.15, 0.2) is 29.2 Å². The first kappa shape index (κ1) is 18.2. The van der Waals surface area contributed by atoms with E-state index in [4.69, 9.17) is 23.8 Å². The number of nitrogens with zero attached hydrogens (tertiary/aromatic N) is 3. The van der Waals surface area contributed by atoms with Gasteiger partial charge < -0.3 is 0 Å². The molecule has 1 amide bonds. The van der Waals surface area contributed by atoms with Gasteiger partial charge in [-0.3, -0.25) is 9.69 Å². The Morgan fingerprint density at radius 2 is 1.96 bits per heavy atom. The summed E-state index contributed by atoms with van der Waals surface area (Å²) in [5.74, 6) is -0.0701. The van der Waals surface area contributed by atoms with Crippen LogP contribution in [0.2, 0.25) is 5.15 Å². The Bertz CT molecular complexity index is 871. The molecular formula is C18H18ClN3OS2. The van der Waals surface area contributed by atoms with E-state index in [1.807, 2.05) is 13.8 Å². The number of halogens is 1. The zero-order chi connectivity index (χ0) is 18.1. The predicted octanol–water partition coefficient (Wildman–Crippen LogP) is 4.42. The van der Waals surface area contributed by atoms with Crippen LogP contribution < -0.4 is 0 Å². The number of amides is 1. The van der Waals surface area contributed by atoms with Crippen molar-refractivity contribution in [2.75, 3.05) is 6.54 Å². The second-order valence-corrected chi connectivity index (χ2v) is 7.89. The molecule has 1 aromatic heterocycles. The molecule has 2 aromatic rings. The summed E-state index contributed by atoms with van der Waals surface area (Å²) in [6.45, 7) is 7.01. The second-order valence-electron chi connectivity index (χ2n) is 5.86. The number of likely N-dealkylation sites (N-methyl/N-ethyl adjacent to an activating group) is 1. The molecule has 2 heterocycles. The third-order valence-corrected chi connectivity index (χ3v) is 5.80. The lowest BCUT2D eigenvalue weighted by Gasteiger charge is -2.09.